The molecule has 0 aliphatic heterocycles. The van der Waals surface area contributed by atoms with Gasteiger partial charge < -0.3 is 15.0 Å². The lowest BCUT2D eigenvalue weighted by Crippen LogP contribution is -2.53. The lowest BCUT2D eigenvalue weighted by Gasteiger charge is -2.34. The van der Waals surface area contributed by atoms with Crippen molar-refractivity contribution in [2.24, 2.45) is 0 Å². The van der Waals surface area contributed by atoms with Crippen molar-refractivity contribution >= 4 is 27.5 Å². The van der Waals surface area contributed by atoms with E-state index in [1.807, 2.05) is 62.4 Å². The Balaban J connectivity index is 1.80. The molecule has 0 fully saturated rings. The SMILES string of the molecule is CCNC(=O)[C@@H](Cc1ccccc1)N(Cc1cccc(OC)c1)C(=O)CN(c1cccc(C)c1)S(=O)(=O)c1ccccc1. The monoisotopic (exact) mass is 599 g/mol. The average molecular weight is 600 g/mol. The highest BCUT2D eigenvalue weighted by Gasteiger charge is 2.34. The first-order valence-electron chi connectivity index (χ1n) is 14.1. The number of ether oxygens (including phenoxy) is 1. The van der Waals surface area contributed by atoms with Crippen LogP contribution in [0.2, 0.25) is 0 Å². The van der Waals surface area contributed by atoms with E-state index in [0.717, 1.165) is 21.0 Å². The van der Waals surface area contributed by atoms with Crippen molar-refractivity contribution in [1.82, 2.24) is 10.2 Å². The summed E-state index contributed by atoms with van der Waals surface area (Å²) in [6.45, 7) is 3.62. The second-order valence-corrected chi connectivity index (χ2v) is 12.0. The Morgan fingerprint density at radius 3 is 2.14 bits per heavy atom. The Kier molecular flexibility index (Phi) is 10.6. The third-order valence-electron chi connectivity index (χ3n) is 7.01. The molecule has 0 heterocycles. The van der Waals surface area contributed by atoms with Gasteiger partial charge in [0, 0.05) is 19.5 Å². The van der Waals surface area contributed by atoms with Crippen LogP contribution >= 0.6 is 0 Å². The number of methoxy groups -OCH3 is 1. The van der Waals surface area contributed by atoms with Gasteiger partial charge in [-0.25, -0.2) is 8.42 Å². The topological polar surface area (TPSA) is 96.0 Å². The Hall–Kier alpha value is -4.63. The Labute approximate surface area is 254 Å². The lowest BCUT2D eigenvalue weighted by molar-refractivity contribution is -0.140. The number of likely N-dealkylation sites (N-methyl/N-ethyl adjacent to an activating group) is 1. The van der Waals surface area contributed by atoms with Gasteiger partial charge in [0.1, 0.15) is 18.3 Å². The Bertz CT molecular complexity index is 1630. The fourth-order valence-electron chi connectivity index (χ4n) is 4.85. The first kappa shape index (κ1) is 31.3. The summed E-state index contributed by atoms with van der Waals surface area (Å²) in [6, 6.07) is 30.8. The minimum atomic E-state index is -4.13. The second kappa shape index (κ2) is 14.5. The quantitative estimate of drug-likeness (QED) is 0.234. The first-order chi connectivity index (χ1) is 20.7. The normalized spacial score (nSPS) is 11.8. The molecule has 0 aliphatic rings. The van der Waals surface area contributed by atoms with Crippen molar-refractivity contribution in [2.75, 3.05) is 24.5 Å². The molecular weight excluding hydrogens is 562 g/mol. The van der Waals surface area contributed by atoms with Gasteiger partial charge in [-0.2, -0.15) is 0 Å². The molecular formula is C34H37N3O5S. The summed E-state index contributed by atoms with van der Waals surface area (Å²) in [7, 11) is -2.57. The number of carbonyl (C=O) groups excluding carboxylic acids is 2. The molecule has 0 saturated carbocycles. The lowest BCUT2D eigenvalue weighted by atomic mass is 10.0. The number of nitrogens with one attached hydrogen (secondary N) is 1. The van der Waals surface area contributed by atoms with Crippen LogP contribution in [-0.2, 0) is 32.6 Å². The summed E-state index contributed by atoms with van der Waals surface area (Å²) in [6.07, 6.45) is 0.248. The van der Waals surface area contributed by atoms with Crippen LogP contribution in [0.5, 0.6) is 5.75 Å². The zero-order chi connectivity index (χ0) is 30.8. The standard InChI is InChI=1S/C34H37N3O5S/c1-4-35-34(39)32(23-27-14-7-5-8-15-27)36(24-28-16-12-18-30(22-28)42-3)33(38)25-37(29-17-11-13-26(2)21-29)43(40,41)31-19-9-6-10-20-31/h5-22,32H,4,23-25H2,1-3H3,(H,35,39)/t32-/m1/s1. The van der Waals surface area contributed by atoms with E-state index in [1.54, 1.807) is 55.6 Å². The number of aryl methyl sites for hydroxylation is 1. The number of carbonyl (C=O) groups is 2. The molecule has 8 nitrogen and oxygen atoms in total. The van der Waals surface area contributed by atoms with Crippen molar-refractivity contribution < 1.29 is 22.7 Å². The molecule has 0 aliphatic carbocycles. The molecule has 4 aromatic carbocycles. The van der Waals surface area contributed by atoms with E-state index in [9.17, 15) is 18.0 Å². The Morgan fingerprint density at radius 2 is 1.49 bits per heavy atom. The number of rotatable bonds is 13. The van der Waals surface area contributed by atoms with Crippen LogP contribution < -0.4 is 14.4 Å². The second-order valence-electron chi connectivity index (χ2n) is 10.1. The highest BCUT2D eigenvalue weighted by molar-refractivity contribution is 7.92. The summed E-state index contributed by atoms with van der Waals surface area (Å²) in [4.78, 5) is 29.5. The van der Waals surface area contributed by atoms with Crippen LogP contribution in [0, 0.1) is 6.92 Å². The molecule has 224 valence electrons. The van der Waals surface area contributed by atoms with E-state index in [4.69, 9.17) is 4.74 Å². The summed E-state index contributed by atoms with van der Waals surface area (Å²) in [5, 5.41) is 2.87. The smallest absolute Gasteiger partial charge is 0.264 e. The van der Waals surface area contributed by atoms with E-state index in [0.29, 0.717) is 18.0 Å². The van der Waals surface area contributed by atoms with E-state index < -0.39 is 28.5 Å². The van der Waals surface area contributed by atoms with Crippen molar-refractivity contribution in [3.63, 3.8) is 0 Å². The minimum Gasteiger partial charge on any atom is -0.497 e. The molecule has 0 bridgehead atoms. The molecule has 4 rings (SSSR count). The molecule has 0 radical (unpaired) electrons. The zero-order valence-electron chi connectivity index (χ0n) is 24.6. The van der Waals surface area contributed by atoms with Gasteiger partial charge in [0.2, 0.25) is 11.8 Å². The van der Waals surface area contributed by atoms with Gasteiger partial charge in [-0.3, -0.25) is 13.9 Å². The van der Waals surface area contributed by atoms with Gasteiger partial charge in [0.05, 0.1) is 17.7 Å². The van der Waals surface area contributed by atoms with Gasteiger partial charge in [-0.15, -0.1) is 0 Å². The van der Waals surface area contributed by atoms with Crippen molar-refractivity contribution in [2.45, 2.75) is 37.8 Å². The van der Waals surface area contributed by atoms with Crippen molar-refractivity contribution in [1.29, 1.82) is 0 Å². The van der Waals surface area contributed by atoms with Gasteiger partial charge in [-0.1, -0.05) is 72.8 Å². The number of amides is 2. The fraction of sp³-hybridized carbons (Fsp3) is 0.235. The van der Waals surface area contributed by atoms with Crippen molar-refractivity contribution in [3.8, 4) is 5.75 Å². The van der Waals surface area contributed by atoms with Gasteiger partial charge in [0.25, 0.3) is 10.0 Å². The zero-order valence-corrected chi connectivity index (χ0v) is 25.5. The predicted octanol–water partition coefficient (Wildman–Crippen LogP) is 4.98. The molecule has 0 aromatic heterocycles. The minimum absolute atomic E-state index is 0.0632. The summed E-state index contributed by atoms with van der Waals surface area (Å²) in [5.41, 5.74) is 2.81. The largest absolute Gasteiger partial charge is 0.497 e. The van der Waals surface area contributed by atoms with Gasteiger partial charge in [0.15, 0.2) is 0 Å². The number of hydrogen-bond acceptors (Lipinski definition) is 5. The number of anilines is 1. The third kappa shape index (κ3) is 8.02. The molecule has 9 heteroatoms. The van der Waals surface area contributed by atoms with E-state index in [-0.39, 0.29) is 23.8 Å². The molecule has 0 saturated heterocycles. The molecule has 4 aromatic rings. The molecule has 43 heavy (non-hydrogen) atoms. The first-order valence-corrected chi connectivity index (χ1v) is 15.6. The number of nitrogens with zero attached hydrogens (tertiary/aromatic N) is 2. The molecule has 1 atom stereocenters. The van der Waals surface area contributed by atoms with Crippen molar-refractivity contribution in [3.05, 3.63) is 126 Å². The fourth-order valence-corrected chi connectivity index (χ4v) is 6.27. The van der Waals surface area contributed by atoms with E-state index in [2.05, 4.69) is 5.32 Å². The highest BCUT2D eigenvalue weighted by Crippen LogP contribution is 2.26. The van der Waals surface area contributed by atoms with Crippen LogP contribution in [0.25, 0.3) is 0 Å². The molecule has 0 unspecified atom stereocenters. The maximum atomic E-state index is 14.4. The number of benzene rings is 4. The van der Waals surface area contributed by atoms with Gasteiger partial charge >= 0.3 is 0 Å². The van der Waals surface area contributed by atoms with Gasteiger partial charge in [-0.05, 0) is 66.9 Å². The maximum absolute atomic E-state index is 14.4. The number of sulfonamides is 1. The third-order valence-corrected chi connectivity index (χ3v) is 8.80. The molecule has 0 spiro atoms. The van der Waals surface area contributed by atoms with Crippen LogP contribution in [0.15, 0.2) is 114 Å². The van der Waals surface area contributed by atoms with Crippen LogP contribution in [-0.4, -0.2) is 51.4 Å². The van der Waals surface area contributed by atoms with Crippen LogP contribution in [0.4, 0.5) is 5.69 Å². The highest BCUT2D eigenvalue weighted by atomic mass is 32.2. The van der Waals surface area contributed by atoms with Crippen LogP contribution in [0.1, 0.15) is 23.6 Å². The summed E-state index contributed by atoms with van der Waals surface area (Å²) in [5.74, 6) is -0.234. The Morgan fingerprint density at radius 1 is 0.837 bits per heavy atom. The van der Waals surface area contributed by atoms with Crippen LogP contribution in [0.3, 0.4) is 0 Å². The average Bonchev–Trinajstić information content (AvgIpc) is 3.02. The maximum Gasteiger partial charge on any atom is 0.264 e. The predicted molar refractivity (Wildman–Crippen MR) is 168 cm³/mol. The van der Waals surface area contributed by atoms with E-state index >= 15 is 0 Å². The summed E-state index contributed by atoms with van der Waals surface area (Å²) >= 11 is 0. The summed E-state index contributed by atoms with van der Waals surface area (Å²) < 4.78 is 34.5. The molecule has 1 N–H and O–H groups in total. The van der Waals surface area contributed by atoms with E-state index in [1.165, 1.54) is 17.0 Å². The molecule has 2 amide bonds. The number of hydrogen-bond donors (Lipinski definition) is 1.